The van der Waals surface area contributed by atoms with Crippen LogP contribution in [0, 0.1) is 12.3 Å². The second kappa shape index (κ2) is 11.1. The minimum absolute atomic E-state index is 0.000625. The molecule has 2 heterocycles. The van der Waals surface area contributed by atoms with Gasteiger partial charge in [0.2, 0.25) is 11.8 Å². The highest BCUT2D eigenvalue weighted by Crippen LogP contribution is 2.21. The van der Waals surface area contributed by atoms with E-state index in [2.05, 4.69) is 23.3 Å². The van der Waals surface area contributed by atoms with Crippen molar-refractivity contribution in [3.05, 3.63) is 57.8 Å². The Bertz CT molecular complexity index is 882. The van der Waals surface area contributed by atoms with Crippen LogP contribution in [0.25, 0.3) is 0 Å². The molecular weight excluding hydrogens is 418 g/mol. The average molecular weight is 456 g/mol. The molecule has 0 N–H and O–H groups in total. The quantitative estimate of drug-likeness (QED) is 0.557. The van der Waals surface area contributed by atoms with Gasteiger partial charge in [0.15, 0.2) is 0 Å². The first kappa shape index (κ1) is 24.5. The standard InChI is InChI=1S/C26H37N3O2S/c1-21-12-17-32-23(21)19-29(18-22-10-6-5-7-11-22)24(30)20-28(25(31)26(2,3)4)16-15-27-13-8-9-14-27/h5-7,10-12,17H,8-9,13-16,18-20H2,1-4H3. The molecule has 32 heavy (non-hydrogen) atoms. The average Bonchev–Trinajstić information content (AvgIpc) is 3.42. The highest BCUT2D eigenvalue weighted by atomic mass is 32.1. The van der Waals surface area contributed by atoms with Gasteiger partial charge in [0, 0.05) is 29.9 Å². The number of rotatable bonds is 9. The van der Waals surface area contributed by atoms with Crippen molar-refractivity contribution >= 4 is 23.2 Å². The van der Waals surface area contributed by atoms with Crippen LogP contribution >= 0.6 is 11.3 Å². The molecule has 1 aliphatic rings. The van der Waals surface area contributed by atoms with Crippen molar-refractivity contribution in [2.75, 3.05) is 32.7 Å². The van der Waals surface area contributed by atoms with E-state index in [-0.39, 0.29) is 18.4 Å². The van der Waals surface area contributed by atoms with Crippen molar-refractivity contribution in [1.29, 1.82) is 0 Å². The highest BCUT2D eigenvalue weighted by Gasteiger charge is 2.30. The van der Waals surface area contributed by atoms with Crippen LogP contribution in [0.5, 0.6) is 0 Å². The third kappa shape index (κ3) is 6.91. The number of carbonyl (C=O) groups is 2. The van der Waals surface area contributed by atoms with Crippen LogP contribution in [0.1, 0.15) is 49.6 Å². The van der Waals surface area contributed by atoms with Gasteiger partial charge in [-0.2, -0.15) is 0 Å². The van der Waals surface area contributed by atoms with Gasteiger partial charge >= 0.3 is 0 Å². The monoisotopic (exact) mass is 455 g/mol. The summed E-state index contributed by atoms with van der Waals surface area (Å²) < 4.78 is 0. The molecule has 0 aliphatic carbocycles. The maximum Gasteiger partial charge on any atom is 0.242 e. The van der Waals surface area contributed by atoms with Gasteiger partial charge in [-0.05, 0) is 55.4 Å². The second-order valence-corrected chi connectivity index (χ2v) is 10.8. The van der Waals surface area contributed by atoms with E-state index in [0.717, 1.165) is 25.2 Å². The van der Waals surface area contributed by atoms with E-state index < -0.39 is 5.41 Å². The number of aryl methyl sites for hydroxylation is 1. The Kier molecular flexibility index (Phi) is 8.49. The molecule has 0 saturated carbocycles. The van der Waals surface area contributed by atoms with Gasteiger partial charge in [-0.1, -0.05) is 51.1 Å². The third-order valence-corrected chi connectivity index (χ3v) is 7.02. The van der Waals surface area contributed by atoms with Crippen LogP contribution < -0.4 is 0 Å². The number of carbonyl (C=O) groups excluding carboxylic acids is 2. The summed E-state index contributed by atoms with van der Waals surface area (Å²) in [4.78, 5) is 34.0. The number of thiophene rings is 1. The molecule has 1 saturated heterocycles. The molecule has 6 heteroatoms. The normalized spacial score (nSPS) is 14.5. The molecular formula is C26H37N3O2S. The molecule has 0 unspecified atom stereocenters. The summed E-state index contributed by atoms with van der Waals surface area (Å²) in [5.74, 6) is 0.0395. The molecule has 0 radical (unpaired) electrons. The summed E-state index contributed by atoms with van der Waals surface area (Å²) in [6, 6.07) is 12.2. The maximum absolute atomic E-state index is 13.5. The van der Waals surface area contributed by atoms with E-state index in [1.807, 2.05) is 56.0 Å². The largest absolute Gasteiger partial charge is 0.332 e. The van der Waals surface area contributed by atoms with Gasteiger partial charge < -0.3 is 14.7 Å². The summed E-state index contributed by atoms with van der Waals surface area (Å²) in [7, 11) is 0. The lowest BCUT2D eigenvalue weighted by atomic mass is 9.94. The van der Waals surface area contributed by atoms with Crippen molar-refractivity contribution in [2.45, 2.75) is 53.6 Å². The first-order chi connectivity index (χ1) is 15.2. The zero-order valence-electron chi connectivity index (χ0n) is 20.0. The second-order valence-electron chi connectivity index (χ2n) is 9.79. The Morgan fingerprint density at radius 3 is 2.28 bits per heavy atom. The molecule has 1 aliphatic heterocycles. The summed E-state index contributed by atoms with van der Waals surface area (Å²) in [6.07, 6.45) is 2.44. The summed E-state index contributed by atoms with van der Waals surface area (Å²) in [6.45, 7) is 12.7. The van der Waals surface area contributed by atoms with Gasteiger partial charge in [-0.3, -0.25) is 9.59 Å². The highest BCUT2D eigenvalue weighted by molar-refractivity contribution is 7.10. The van der Waals surface area contributed by atoms with Gasteiger partial charge in [0.05, 0.1) is 13.1 Å². The number of amides is 2. The van der Waals surface area contributed by atoms with Crippen molar-refractivity contribution in [2.24, 2.45) is 5.41 Å². The molecule has 5 nitrogen and oxygen atoms in total. The fraction of sp³-hybridized carbons (Fsp3) is 0.538. The first-order valence-electron chi connectivity index (χ1n) is 11.6. The first-order valence-corrected chi connectivity index (χ1v) is 12.5. The van der Waals surface area contributed by atoms with Gasteiger partial charge in [0.1, 0.15) is 0 Å². The molecule has 2 aromatic rings. The lowest BCUT2D eigenvalue weighted by Crippen LogP contribution is -2.48. The smallest absolute Gasteiger partial charge is 0.242 e. The van der Waals surface area contributed by atoms with Crippen molar-refractivity contribution in [3.8, 4) is 0 Å². The minimum atomic E-state index is -0.514. The topological polar surface area (TPSA) is 43.9 Å². The molecule has 2 amide bonds. The van der Waals surface area contributed by atoms with E-state index in [9.17, 15) is 9.59 Å². The molecule has 0 spiro atoms. The van der Waals surface area contributed by atoms with Gasteiger partial charge in [-0.25, -0.2) is 0 Å². The van der Waals surface area contributed by atoms with Gasteiger partial charge in [-0.15, -0.1) is 11.3 Å². The SMILES string of the molecule is Cc1ccsc1CN(Cc1ccccc1)C(=O)CN(CCN1CCCC1)C(=O)C(C)(C)C. The van der Waals surface area contributed by atoms with E-state index in [0.29, 0.717) is 19.6 Å². The Hall–Kier alpha value is -2.18. The maximum atomic E-state index is 13.5. The fourth-order valence-corrected chi connectivity index (χ4v) is 4.95. The predicted octanol–water partition coefficient (Wildman–Crippen LogP) is 4.56. The Labute approximate surface area is 197 Å². The van der Waals surface area contributed by atoms with Gasteiger partial charge in [0.25, 0.3) is 0 Å². The van der Waals surface area contributed by atoms with E-state index in [1.54, 1.807) is 16.2 Å². The zero-order valence-corrected chi connectivity index (χ0v) is 20.8. The lowest BCUT2D eigenvalue weighted by molar-refractivity contribution is -0.146. The van der Waals surface area contributed by atoms with Crippen LogP contribution in [0.15, 0.2) is 41.8 Å². The summed E-state index contributed by atoms with van der Waals surface area (Å²) in [5, 5.41) is 2.07. The molecule has 1 aromatic carbocycles. The number of nitrogens with zero attached hydrogens (tertiary/aromatic N) is 3. The molecule has 174 valence electrons. The number of benzene rings is 1. The van der Waals surface area contributed by atoms with Crippen LogP contribution in [0.2, 0.25) is 0 Å². The fourth-order valence-electron chi connectivity index (χ4n) is 4.03. The summed E-state index contributed by atoms with van der Waals surface area (Å²) in [5.41, 5.74) is 1.79. The molecule has 0 bridgehead atoms. The minimum Gasteiger partial charge on any atom is -0.332 e. The van der Waals surface area contributed by atoms with E-state index in [1.165, 1.54) is 23.3 Å². The van der Waals surface area contributed by atoms with Crippen molar-refractivity contribution in [3.63, 3.8) is 0 Å². The molecule has 3 rings (SSSR count). The predicted molar refractivity (Wildman–Crippen MR) is 131 cm³/mol. The zero-order chi connectivity index (χ0) is 23.1. The third-order valence-electron chi connectivity index (χ3n) is 6.01. The Morgan fingerprint density at radius 1 is 1.00 bits per heavy atom. The number of hydrogen-bond acceptors (Lipinski definition) is 4. The lowest BCUT2D eigenvalue weighted by Gasteiger charge is -2.32. The molecule has 1 aromatic heterocycles. The number of hydrogen-bond donors (Lipinski definition) is 0. The van der Waals surface area contributed by atoms with Crippen molar-refractivity contribution in [1.82, 2.24) is 14.7 Å². The van der Waals surface area contributed by atoms with Crippen LogP contribution in [-0.2, 0) is 22.7 Å². The Morgan fingerprint density at radius 2 is 1.69 bits per heavy atom. The van der Waals surface area contributed by atoms with E-state index in [4.69, 9.17) is 0 Å². The van der Waals surface area contributed by atoms with Crippen LogP contribution in [0.3, 0.4) is 0 Å². The number of likely N-dealkylation sites (tertiary alicyclic amines) is 1. The van der Waals surface area contributed by atoms with Crippen LogP contribution in [-0.4, -0.2) is 59.2 Å². The Balaban J connectivity index is 1.75. The molecule has 0 atom stereocenters. The molecule has 1 fully saturated rings. The van der Waals surface area contributed by atoms with Crippen LogP contribution in [0.4, 0.5) is 0 Å². The van der Waals surface area contributed by atoms with E-state index >= 15 is 0 Å². The summed E-state index contributed by atoms with van der Waals surface area (Å²) >= 11 is 1.68. The van der Waals surface area contributed by atoms with Crippen molar-refractivity contribution < 1.29 is 9.59 Å².